The predicted octanol–water partition coefficient (Wildman–Crippen LogP) is 5.18. The number of hydrogen-bond donors (Lipinski definition) is 1. The molecule has 0 saturated carbocycles. The summed E-state index contributed by atoms with van der Waals surface area (Å²) < 4.78 is 3.40. The van der Waals surface area contributed by atoms with Gasteiger partial charge in [-0.25, -0.2) is 0 Å². The molecule has 0 spiro atoms. The summed E-state index contributed by atoms with van der Waals surface area (Å²) in [6, 6.07) is 25.1. The molecular weight excluding hydrogens is 382 g/mol. The molecule has 0 fully saturated rings. The van der Waals surface area contributed by atoms with Crippen molar-refractivity contribution in [2.75, 3.05) is 0 Å². The number of carbonyl (C=O) groups excluding carboxylic acids is 1. The Hall–Kier alpha value is -3.37. The average molecular weight is 402 g/mol. The largest absolute Gasteiger partial charge is 0.314 e. The van der Waals surface area contributed by atoms with E-state index < -0.39 is 0 Å². The molecule has 144 valence electrons. The molecule has 0 amide bonds. The number of Topliss-reactive ketones (excluding diaryl/α,β-unsaturated/α-hetero) is 1. The number of nitrogens with one attached hydrogen (secondary N) is 1. The fourth-order valence-corrected chi connectivity index (χ4v) is 3.55. The zero-order chi connectivity index (χ0) is 20.4. The summed E-state index contributed by atoms with van der Waals surface area (Å²) in [7, 11) is 1.81. The number of aromatic nitrogens is 2. The highest BCUT2D eigenvalue weighted by Crippen LogP contribution is 2.22. The van der Waals surface area contributed by atoms with Crippen molar-refractivity contribution in [3.8, 4) is 22.4 Å². The second kappa shape index (κ2) is 7.94. The van der Waals surface area contributed by atoms with E-state index in [4.69, 9.17) is 17.0 Å². The van der Waals surface area contributed by atoms with Crippen LogP contribution in [0.1, 0.15) is 10.4 Å². The second-order valence-electron chi connectivity index (χ2n) is 6.90. The van der Waals surface area contributed by atoms with Gasteiger partial charge in [-0.1, -0.05) is 78.3 Å². The fourth-order valence-electron chi connectivity index (χ4n) is 3.36. The quantitative estimate of drug-likeness (QED) is 0.460. The van der Waals surface area contributed by atoms with E-state index in [2.05, 4.69) is 0 Å². The number of rotatable bonds is 5. The Labute approximate surface area is 174 Å². The van der Waals surface area contributed by atoms with Crippen LogP contribution in [0.4, 0.5) is 0 Å². The Morgan fingerprint density at radius 2 is 1.55 bits per heavy atom. The van der Waals surface area contributed by atoms with Crippen LogP contribution in [0, 0.1) is 5.41 Å². The number of halogens is 1. The SMILES string of the molecule is Cn1c(-c2cccc(Cl)c2)cn(CC(=O)c2ccc(-c3ccccc3)cc2)c1=N. The van der Waals surface area contributed by atoms with Crippen molar-refractivity contribution in [2.24, 2.45) is 7.05 Å². The lowest BCUT2D eigenvalue weighted by Crippen LogP contribution is -2.25. The van der Waals surface area contributed by atoms with Crippen LogP contribution in [0.3, 0.4) is 0 Å². The normalized spacial score (nSPS) is 10.8. The van der Waals surface area contributed by atoms with E-state index in [0.717, 1.165) is 22.4 Å². The lowest BCUT2D eigenvalue weighted by molar-refractivity contribution is 0.0970. The standard InChI is InChI=1S/C24H20ClN3O/c1-27-22(20-8-5-9-21(25)14-20)15-28(24(27)26)16-23(29)19-12-10-18(11-13-19)17-6-3-2-4-7-17/h2-15,26H,16H2,1H3. The highest BCUT2D eigenvalue weighted by Gasteiger charge is 2.13. The third-order valence-corrected chi connectivity index (χ3v) is 5.21. The first-order chi connectivity index (χ1) is 14.0. The van der Waals surface area contributed by atoms with Gasteiger partial charge in [0.2, 0.25) is 5.62 Å². The molecule has 0 atom stereocenters. The van der Waals surface area contributed by atoms with Gasteiger partial charge in [-0.15, -0.1) is 0 Å². The molecule has 1 N–H and O–H groups in total. The predicted molar refractivity (Wildman–Crippen MR) is 116 cm³/mol. The minimum atomic E-state index is -0.0358. The van der Waals surface area contributed by atoms with E-state index >= 15 is 0 Å². The maximum absolute atomic E-state index is 12.8. The Kier molecular flexibility index (Phi) is 5.19. The maximum atomic E-state index is 12.8. The van der Waals surface area contributed by atoms with Crippen LogP contribution in [0.5, 0.6) is 0 Å². The van der Waals surface area contributed by atoms with Crippen molar-refractivity contribution in [2.45, 2.75) is 6.54 Å². The fraction of sp³-hybridized carbons (Fsp3) is 0.0833. The van der Waals surface area contributed by atoms with Gasteiger partial charge in [-0.3, -0.25) is 10.2 Å². The molecule has 0 unspecified atom stereocenters. The molecule has 0 saturated heterocycles. The number of carbonyl (C=O) groups is 1. The molecule has 4 nitrogen and oxygen atoms in total. The van der Waals surface area contributed by atoms with E-state index in [-0.39, 0.29) is 17.9 Å². The Morgan fingerprint density at radius 3 is 2.24 bits per heavy atom. The van der Waals surface area contributed by atoms with Crippen molar-refractivity contribution in [1.29, 1.82) is 5.41 Å². The van der Waals surface area contributed by atoms with Gasteiger partial charge < -0.3 is 9.13 Å². The molecule has 0 aliphatic carbocycles. The molecule has 4 aromatic rings. The molecule has 1 aromatic heterocycles. The number of benzene rings is 3. The van der Waals surface area contributed by atoms with E-state index in [1.165, 1.54) is 0 Å². The Bertz CT molecular complexity index is 1220. The molecule has 29 heavy (non-hydrogen) atoms. The number of hydrogen-bond acceptors (Lipinski definition) is 2. The van der Waals surface area contributed by atoms with Crippen molar-refractivity contribution in [3.63, 3.8) is 0 Å². The Morgan fingerprint density at radius 1 is 0.897 bits per heavy atom. The second-order valence-corrected chi connectivity index (χ2v) is 7.34. The smallest absolute Gasteiger partial charge is 0.202 e. The Balaban J connectivity index is 1.57. The summed E-state index contributed by atoms with van der Waals surface area (Å²) >= 11 is 6.10. The molecule has 0 aliphatic heterocycles. The first kappa shape index (κ1) is 19.0. The van der Waals surface area contributed by atoms with Crippen molar-refractivity contribution < 1.29 is 4.79 Å². The monoisotopic (exact) mass is 401 g/mol. The molecule has 0 aliphatic rings. The van der Waals surface area contributed by atoms with Crippen molar-refractivity contribution >= 4 is 17.4 Å². The van der Waals surface area contributed by atoms with Gasteiger partial charge >= 0.3 is 0 Å². The van der Waals surface area contributed by atoms with Gasteiger partial charge in [0.15, 0.2) is 5.78 Å². The van der Waals surface area contributed by atoms with Gasteiger partial charge in [0.1, 0.15) is 0 Å². The highest BCUT2D eigenvalue weighted by molar-refractivity contribution is 6.30. The maximum Gasteiger partial charge on any atom is 0.202 e. The first-order valence-corrected chi connectivity index (χ1v) is 9.66. The third-order valence-electron chi connectivity index (χ3n) is 4.98. The minimum Gasteiger partial charge on any atom is -0.314 e. The van der Waals surface area contributed by atoms with E-state index in [0.29, 0.717) is 10.6 Å². The lowest BCUT2D eigenvalue weighted by Gasteiger charge is -2.05. The molecular formula is C24H20ClN3O. The van der Waals surface area contributed by atoms with Gasteiger partial charge in [-0.2, -0.15) is 0 Å². The van der Waals surface area contributed by atoms with Crippen molar-refractivity contribution in [3.05, 3.63) is 101 Å². The zero-order valence-electron chi connectivity index (χ0n) is 16.0. The number of imidazole rings is 1. The number of ketones is 1. The lowest BCUT2D eigenvalue weighted by atomic mass is 10.0. The molecule has 4 rings (SSSR count). The van der Waals surface area contributed by atoms with E-state index in [9.17, 15) is 4.79 Å². The average Bonchev–Trinajstić information content (AvgIpc) is 3.03. The summed E-state index contributed by atoms with van der Waals surface area (Å²) in [5.41, 5.74) is 4.82. The molecule has 0 radical (unpaired) electrons. The van der Waals surface area contributed by atoms with Crippen LogP contribution >= 0.6 is 11.6 Å². The van der Waals surface area contributed by atoms with Gasteiger partial charge in [0, 0.05) is 29.4 Å². The summed E-state index contributed by atoms with van der Waals surface area (Å²) in [5.74, 6) is -0.0358. The summed E-state index contributed by atoms with van der Waals surface area (Å²) in [6.07, 6.45) is 1.82. The van der Waals surface area contributed by atoms with Crippen LogP contribution in [-0.4, -0.2) is 14.9 Å². The topological polar surface area (TPSA) is 50.8 Å². The summed E-state index contributed by atoms with van der Waals surface area (Å²) in [4.78, 5) is 12.8. The van der Waals surface area contributed by atoms with Crippen LogP contribution in [0.15, 0.2) is 85.1 Å². The van der Waals surface area contributed by atoms with Crippen molar-refractivity contribution in [1.82, 2.24) is 9.13 Å². The van der Waals surface area contributed by atoms with Gasteiger partial charge in [0.05, 0.1) is 12.2 Å². The zero-order valence-corrected chi connectivity index (χ0v) is 16.7. The molecule has 1 heterocycles. The molecule has 0 bridgehead atoms. The highest BCUT2D eigenvalue weighted by atomic mass is 35.5. The molecule has 3 aromatic carbocycles. The minimum absolute atomic E-state index is 0.0358. The van der Waals surface area contributed by atoms with Crippen LogP contribution in [-0.2, 0) is 13.6 Å². The summed E-state index contributed by atoms with van der Waals surface area (Å²) in [5, 5.41) is 9.00. The number of nitrogens with zero attached hydrogens (tertiary/aromatic N) is 2. The van der Waals surface area contributed by atoms with Crippen LogP contribution in [0.25, 0.3) is 22.4 Å². The van der Waals surface area contributed by atoms with Crippen LogP contribution in [0.2, 0.25) is 5.02 Å². The van der Waals surface area contributed by atoms with E-state index in [1.54, 1.807) is 9.13 Å². The molecule has 5 heteroatoms. The van der Waals surface area contributed by atoms with Crippen LogP contribution < -0.4 is 5.62 Å². The third kappa shape index (κ3) is 3.93. The summed E-state index contributed by atoms with van der Waals surface area (Å²) in [6.45, 7) is 0.109. The first-order valence-electron chi connectivity index (χ1n) is 9.28. The van der Waals surface area contributed by atoms with Gasteiger partial charge in [0.25, 0.3) is 0 Å². The van der Waals surface area contributed by atoms with E-state index in [1.807, 2.05) is 92.1 Å². The van der Waals surface area contributed by atoms with Gasteiger partial charge in [-0.05, 0) is 23.3 Å².